The number of aromatic nitrogens is 2. The quantitative estimate of drug-likeness (QED) is 0.790. The van der Waals surface area contributed by atoms with E-state index in [0.717, 1.165) is 0 Å². The molecule has 1 amide bonds. The second-order valence-corrected chi connectivity index (χ2v) is 5.45. The molecule has 106 valence electrons. The van der Waals surface area contributed by atoms with E-state index in [1.54, 1.807) is 20.8 Å². The molecule has 2 rings (SSSR count). The molecule has 1 aromatic rings. The highest BCUT2D eigenvalue weighted by Crippen LogP contribution is 2.23. The van der Waals surface area contributed by atoms with Crippen LogP contribution in [-0.4, -0.2) is 32.7 Å². The highest BCUT2D eigenvalue weighted by molar-refractivity contribution is 5.68. The van der Waals surface area contributed by atoms with Crippen LogP contribution in [0.3, 0.4) is 0 Å². The summed E-state index contributed by atoms with van der Waals surface area (Å²) < 4.78 is 32.1. The molecule has 7 heteroatoms. The Morgan fingerprint density at radius 2 is 2.11 bits per heavy atom. The van der Waals surface area contributed by atoms with E-state index in [2.05, 4.69) is 4.98 Å². The van der Waals surface area contributed by atoms with Gasteiger partial charge in [-0.3, -0.25) is 4.90 Å². The summed E-state index contributed by atoms with van der Waals surface area (Å²) in [6, 6.07) is 0. The van der Waals surface area contributed by atoms with Gasteiger partial charge >= 0.3 is 6.09 Å². The van der Waals surface area contributed by atoms with Crippen molar-refractivity contribution < 1.29 is 18.3 Å². The largest absolute Gasteiger partial charge is 0.444 e. The molecule has 0 spiro atoms. The molecule has 19 heavy (non-hydrogen) atoms. The van der Waals surface area contributed by atoms with Crippen molar-refractivity contribution >= 4 is 6.09 Å². The number of hydrogen-bond acceptors (Lipinski definition) is 3. The van der Waals surface area contributed by atoms with E-state index >= 15 is 0 Å². The number of fused-ring (bicyclic) bond motifs is 1. The van der Waals surface area contributed by atoms with Crippen molar-refractivity contribution in [2.45, 2.75) is 45.9 Å². The maximum atomic E-state index is 12.7. The van der Waals surface area contributed by atoms with E-state index in [4.69, 9.17) is 4.74 Å². The fourth-order valence-electron chi connectivity index (χ4n) is 1.94. The Balaban J connectivity index is 2.09. The van der Waals surface area contributed by atoms with Crippen LogP contribution in [0.5, 0.6) is 0 Å². The zero-order chi connectivity index (χ0) is 14.2. The molecule has 0 radical (unpaired) electrons. The zero-order valence-corrected chi connectivity index (χ0v) is 11.2. The van der Waals surface area contributed by atoms with Gasteiger partial charge in [-0.2, -0.15) is 0 Å². The molecule has 1 aliphatic rings. The van der Waals surface area contributed by atoms with Gasteiger partial charge in [-0.25, -0.2) is 18.6 Å². The summed E-state index contributed by atoms with van der Waals surface area (Å²) >= 11 is 0. The van der Waals surface area contributed by atoms with Gasteiger partial charge in [0, 0.05) is 13.1 Å². The summed E-state index contributed by atoms with van der Waals surface area (Å²) in [6.07, 6.45) is -1.83. The topological polar surface area (TPSA) is 47.4 Å². The molecule has 0 N–H and O–H groups in total. The molecule has 0 fully saturated rings. The number of hydrogen-bond donors (Lipinski definition) is 0. The molecule has 0 unspecified atom stereocenters. The highest BCUT2D eigenvalue weighted by atomic mass is 19.3. The maximum absolute atomic E-state index is 12.7. The van der Waals surface area contributed by atoms with Crippen LogP contribution in [0.15, 0.2) is 6.20 Å². The first-order chi connectivity index (χ1) is 8.78. The van der Waals surface area contributed by atoms with Crippen LogP contribution in [0.4, 0.5) is 13.6 Å². The normalized spacial score (nSPS) is 15.6. The van der Waals surface area contributed by atoms with E-state index in [-0.39, 0.29) is 12.2 Å². The number of halogens is 2. The number of amides is 1. The number of nitrogens with zero attached hydrogens (tertiary/aromatic N) is 3. The Kier molecular flexibility index (Phi) is 3.47. The predicted octanol–water partition coefficient (Wildman–Crippen LogP) is 2.57. The van der Waals surface area contributed by atoms with Crippen LogP contribution < -0.4 is 0 Å². The van der Waals surface area contributed by atoms with Crippen molar-refractivity contribution in [1.29, 1.82) is 0 Å². The molecule has 0 aliphatic carbocycles. The van der Waals surface area contributed by atoms with E-state index < -0.39 is 18.1 Å². The van der Waals surface area contributed by atoms with Gasteiger partial charge in [0.25, 0.3) is 6.43 Å². The molecule has 1 aliphatic heterocycles. The Bertz CT molecular complexity index is 480. The van der Waals surface area contributed by atoms with Crippen LogP contribution in [-0.2, 0) is 17.8 Å². The number of carbonyl (C=O) groups is 1. The van der Waals surface area contributed by atoms with E-state index in [9.17, 15) is 13.6 Å². The van der Waals surface area contributed by atoms with Crippen LogP contribution >= 0.6 is 0 Å². The molecule has 0 aromatic carbocycles. The van der Waals surface area contributed by atoms with Crippen molar-refractivity contribution in [3.63, 3.8) is 0 Å². The van der Waals surface area contributed by atoms with Crippen LogP contribution in [0.25, 0.3) is 0 Å². The average Bonchev–Trinajstić information content (AvgIpc) is 2.68. The fraction of sp³-hybridized carbons (Fsp3) is 0.667. The molecular formula is C12H17F2N3O2. The van der Waals surface area contributed by atoms with Crippen molar-refractivity contribution in [3.8, 4) is 0 Å². The monoisotopic (exact) mass is 273 g/mol. The van der Waals surface area contributed by atoms with Crippen molar-refractivity contribution in [1.82, 2.24) is 14.5 Å². The fourth-order valence-corrected chi connectivity index (χ4v) is 1.94. The van der Waals surface area contributed by atoms with Gasteiger partial charge in [0.1, 0.15) is 17.1 Å². The molecule has 0 atom stereocenters. The standard InChI is InChI=1S/C12H17F2N3O2/c1-12(2,3)19-11(18)16-4-5-17-8(10(13)14)6-15-9(17)7-16/h6,10H,4-5,7H2,1-3H3. The second kappa shape index (κ2) is 4.79. The maximum Gasteiger partial charge on any atom is 0.410 e. The number of carbonyl (C=O) groups excluding carboxylic acids is 1. The summed E-state index contributed by atoms with van der Waals surface area (Å²) in [5.41, 5.74) is -0.670. The summed E-state index contributed by atoms with van der Waals surface area (Å²) in [5, 5.41) is 0. The molecule has 5 nitrogen and oxygen atoms in total. The molecular weight excluding hydrogens is 256 g/mol. The van der Waals surface area contributed by atoms with Crippen molar-refractivity contribution in [3.05, 3.63) is 17.7 Å². The van der Waals surface area contributed by atoms with E-state index in [0.29, 0.717) is 18.9 Å². The average molecular weight is 273 g/mol. The van der Waals surface area contributed by atoms with Crippen LogP contribution in [0.2, 0.25) is 0 Å². The van der Waals surface area contributed by atoms with Crippen LogP contribution in [0, 0.1) is 0 Å². The molecule has 0 saturated carbocycles. The minimum atomic E-state index is -2.55. The third kappa shape index (κ3) is 3.02. The predicted molar refractivity (Wildman–Crippen MR) is 63.8 cm³/mol. The number of alkyl halides is 2. The minimum Gasteiger partial charge on any atom is -0.444 e. The number of rotatable bonds is 1. The summed E-state index contributed by atoms with van der Waals surface area (Å²) in [6.45, 7) is 6.20. The zero-order valence-electron chi connectivity index (χ0n) is 11.2. The smallest absolute Gasteiger partial charge is 0.410 e. The Morgan fingerprint density at radius 3 is 2.68 bits per heavy atom. The molecule has 0 saturated heterocycles. The van der Waals surface area contributed by atoms with Gasteiger partial charge < -0.3 is 9.30 Å². The van der Waals surface area contributed by atoms with Crippen molar-refractivity contribution in [2.24, 2.45) is 0 Å². The van der Waals surface area contributed by atoms with Gasteiger partial charge in [-0.15, -0.1) is 0 Å². The van der Waals surface area contributed by atoms with Gasteiger partial charge in [0.15, 0.2) is 0 Å². The Morgan fingerprint density at radius 1 is 1.42 bits per heavy atom. The molecule has 2 heterocycles. The lowest BCUT2D eigenvalue weighted by Crippen LogP contribution is -2.41. The minimum absolute atomic E-state index is 0.0983. The SMILES string of the molecule is CC(C)(C)OC(=O)N1CCn2c(C(F)F)cnc2C1. The van der Waals surface area contributed by atoms with Crippen molar-refractivity contribution in [2.75, 3.05) is 6.54 Å². The second-order valence-electron chi connectivity index (χ2n) is 5.45. The van der Waals surface area contributed by atoms with Crippen LogP contribution in [0.1, 0.15) is 38.7 Å². The number of ether oxygens (including phenoxy) is 1. The van der Waals surface area contributed by atoms with Gasteiger partial charge in [-0.05, 0) is 20.8 Å². The first-order valence-corrected chi connectivity index (χ1v) is 6.08. The first kappa shape index (κ1) is 13.8. The lowest BCUT2D eigenvalue weighted by Gasteiger charge is -2.30. The summed E-state index contributed by atoms with van der Waals surface area (Å²) in [5.74, 6) is 0.465. The summed E-state index contributed by atoms with van der Waals surface area (Å²) in [4.78, 5) is 17.3. The van der Waals surface area contributed by atoms with Gasteiger partial charge in [0.2, 0.25) is 0 Å². The Labute approximate surface area is 110 Å². The lowest BCUT2D eigenvalue weighted by atomic mass is 10.2. The molecule has 0 bridgehead atoms. The molecule has 1 aromatic heterocycles. The highest BCUT2D eigenvalue weighted by Gasteiger charge is 2.28. The van der Waals surface area contributed by atoms with Gasteiger partial charge in [0.05, 0.1) is 12.7 Å². The third-order valence-corrected chi connectivity index (χ3v) is 2.77. The summed E-state index contributed by atoms with van der Waals surface area (Å²) in [7, 11) is 0. The van der Waals surface area contributed by atoms with E-state index in [1.807, 2.05) is 0 Å². The Hall–Kier alpha value is -1.66. The van der Waals surface area contributed by atoms with E-state index in [1.165, 1.54) is 15.7 Å². The third-order valence-electron chi connectivity index (χ3n) is 2.77. The lowest BCUT2D eigenvalue weighted by molar-refractivity contribution is 0.0191. The first-order valence-electron chi connectivity index (χ1n) is 6.08. The van der Waals surface area contributed by atoms with Gasteiger partial charge in [-0.1, -0.05) is 0 Å². The number of imidazole rings is 1.